The predicted octanol–water partition coefficient (Wildman–Crippen LogP) is 6.71. The number of carbonyl (C=O) groups is 1. The van der Waals surface area contributed by atoms with Crippen molar-refractivity contribution in [3.05, 3.63) is 35.9 Å². The average Bonchev–Trinajstić information content (AvgIpc) is 2.59. The molecule has 0 fully saturated rings. The highest BCUT2D eigenvalue weighted by molar-refractivity contribution is 7.99. The first-order chi connectivity index (χ1) is 11.7. The molecular weight excluding hydrogens is 316 g/mol. The maximum absolute atomic E-state index is 11.2. The monoisotopic (exact) mass is 350 g/mol. The summed E-state index contributed by atoms with van der Waals surface area (Å²) in [5, 5.41) is 9.27. The predicted molar refractivity (Wildman–Crippen MR) is 106 cm³/mol. The molecule has 0 aromatic heterocycles. The van der Waals surface area contributed by atoms with Gasteiger partial charge in [-0.25, -0.2) is 0 Å². The fourth-order valence-electron chi connectivity index (χ4n) is 3.09. The molecule has 2 unspecified atom stereocenters. The molecule has 0 aliphatic heterocycles. The lowest BCUT2D eigenvalue weighted by atomic mass is 9.93. The molecule has 0 aliphatic carbocycles. The highest BCUT2D eigenvalue weighted by atomic mass is 32.2. The number of unbranched alkanes of at least 4 members (excludes halogenated alkanes) is 3. The molecule has 0 heterocycles. The molecule has 0 radical (unpaired) electrons. The number of carboxylic acids is 1. The second-order valence-electron chi connectivity index (χ2n) is 6.66. The van der Waals surface area contributed by atoms with Crippen LogP contribution in [-0.4, -0.2) is 16.8 Å². The molecule has 0 bridgehead atoms. The summed E-state index contributed by atoms with van der Waals surface area (Å²) in [6.07, 6.45) is 10.6. The van der Waals surface area contributed by atoms with Crippen LogP contribution < -0.4 is 0 Å². The smallest absolute Gasteiger partial charge is 0.304 e. The van der Waals surface area contributed by atoms with Crippen LogP contribution in [0.25, 0.3) is 0 Å². The van der Waals surface area contributed by atoms with Gasteiger partial charge in [0.25, 0.3) is 0 Å². The molecule has 1 aromatic rings. The molecular formula is C21H34O2S. The second kappa shape index (κ2) is 13.3. The van der Waals surface area contributed by atoms with Crippen LogP contribution in [0.5, 0.6) is 0 Å². The van der Waals surface area contributed by atoms with Crippen LogP contribution in [-0.2, 0) is 4.79 Å². The highest BCUT2D eigenvalue weighted by Crippen LogP contribution is 2.34. The summed E-state index contributed by atoms with van der Waals surface area (Å²) in [7, 11) is 0. The van der Waals surface area contributed by atoms with Crippen molar-refractivity contribution in [2.45, 2.75) is 76.9 Å². The van der Waals surface area contributed by atoms with Crippen LogP contribution >= 0.6 is 11.8 Å². The van der Waals surface area contributed by atoms with Crippen LogP contribution in [0.3, 0.4) is 0 Å². The third-order valence-corrected chi connectivity index (χ3v) is 5.87. The number of hydrogen-bond acceptors (Lipinski definition) is 2. The fourth-order valence-corrected chi connectivity index (χ4v) is 4.45. The minimum absolute atomic E-state index is 0.0752. The zero-order valence-corrected chi connectivity index (χ0v) is 16.2. The van der Waals surface area contributed by atoms with Gasteiger partial charge < -0.3 is 5.11 Å². The molecule has 0 spiro atoms. The molecule has 1 rings (SSSR count). The molecule has 0 saturated carbocycles. The highest BCUT2D eigenvalue weighted by Gasteiger charge is 2.17. The summed E-state index contributed by atoms with van der Waals surface area (Å²) in [6, 6.07) is 10.1. The summed E-state index contributed by atoms with van der Waals surface area (Å²) < 4.78 is 0. The van der Waals surface area contributed by atoms with E-state index in [2.05, 4.69) is 26.0 Å². The summed E-state index contributed by atoms with van der Waals surface area (Å²) in [4.78, 5) is 11.2. The van der Waals surface area contributed by atoms with E-state index in [1.54, 1.807) is 0 Å². The lowest BCUT2D eigenvalue weighted by Crippen LogP contribution is -2.07. The number of aliphatic carboxylic acids is 1. The molecule has 3 heteroatoms. The van der Waals surface area contributed by atoms with Crippen molar-refractivity contribution in [3.63, 3.8) is 0 Å². The Morgan fingerprint density at radius 3 is 2.29 bits per heavy atom. The van der Waals surface area contributed by atoms with E-state index in [-0.39, 0.29) is 11.7 Å². The van der Waals surface area contributed by atoms with Crippen molar-refractivity contribution in [1.29, 1.82) is 0 Å². The molecule has 2 nitrogen and oxygen atoms in total. The first kappa shape index (κ1) is 21.1. The standard InChI is InChI=1S/C21H34O2S/c1-3-5-8-12-18(11-6-4-2)15-16-24-20(17-21(22)23)19-13-9-7-10-14-19/h7,9-10,13-14,18,20H,3-6,8,11-12,15-17H2,1-2H3,(H,22,23). The van der Waals surface area contributed by atoms with Gasteiger partial charge in [-0.1, -0.05) is 89.1 Å². The van der Waals surface area contributed by atoms with E-state index in [9.17, 15) is 9.90 Å². The van der Waals surface area contributed by atoms with Gasteiger partial charge in [-0.05, 0) is 23.7 Å². The Morgan fingerprint density at radius 1 is 1.00 bits per heavy atom. The van der Waals surface area contributed by atoms with Crippen molar-refractivity contribution < 1.29 is 9.90 Å². The van der Waals surface area contributed by atoms with E-state index >= 15 is 0 Å². The number of carboxylic acid groups (broad SMARTS) is 1. The Hall–Kier alpha value is -0.960. The van der Waals surface area contributed by atoms with E-state index in [1.165, 1.54) is 51.4 Å². The van der Waals surface area contributed by atoms with Crippen LogP contribution in [0.15, 0.2) is 30.3 Å². The number of hydrogen-bond donors (Lipinski definition) is 1. The minimum atomic E-state index is -0.707. The zero-order chi connectivity index (χ0) is 17.6. The van der Waals surface area contributed by atoms with Crippen LogP contribution in [0.1, 0.15) is 82.4 Å². The first-order valence-electron chi connectivity index (χ1n) is 9.55. The molecule has 2 atom stereocenters. The first-order valence-corrected chi connectivity index (χ1v) is 10.6. The van der Waals surface area contributed by atoms with Gasteiger partial charge >= 0.3 is 5.97 Å². The number of rotatable bonds is 14. The molecule has 24 heavy (non-hydrogen) atoms. The maximum atomic E-state index is 11.2. The van der Waals surface area contributed by atoms with Gasteiger partial charge in [-0.3, -0.25) is 4.79 Å². The van der Waals surface area contributed by atoms with Crippen molar-refractivity contribution in [1.82, 2.24) is 0 Å². The van der Waals surface area contributed by atoms with E-state index in [4.69, 9.17) is 0 Å². The maximum Gasteiger partial charge on any atom is 0.304 e. The SMILES string of the molecule is CCCCCC(CCCC)CCSC(CC(=O)O)c1ccccc1. The molecule has 0 amide bonds. The Morgan fingerprint density at radius 2 is 1.67 bits per heavy atom. The van der Waals surface area contributed by atoms with Crippen molar-refractivity contribution in [2.75, 3.05) is 5.75 Å². The van der Waals surface area contributed by atoms with Crippen molar-refractivity contribution in [2.24, 2.45) is 5.92 Å². The number of thioether (sulfide) groups is 1. The Balaban J connectivity index is 2.49. The van der Waals surface area contributed by atoms with Crippen molar-refractivity contribution >= 4 is 17.7 Å². The summed E-state index contributed by atoms with van der Waals surface area (Å²) in [5.74, 6) is 1.17. The zero-order valence-electron chi connectivity index (χ0n) is 15.4. The van der Waals surface area contributed by atoms with Gasteiger partial charge in [0.05, 0.1) is 6.42 Å². The Bertz CT molecular complexity index is 433. The van der Waals surface area contributed by atoms with Gasteiger partial charge in [-0.15, -0.1) is 0 Å². The van der Waals surface area contributed by atoms with Crippen molar-refractivity contribution in [3.8, 4) is 0 Å². The molecule has 1 N–H and O–H groups in total. The molecule has 1 aromatic carbocycles. The van der Waals surface area contributed by atoms with Gasteiger partial charge in [-0.2, -0.15) is 11.8 Å². The van der Waals surface area contributed by atoms with Crippen LogP contribution in [0.4, 0.5) is 0 Å². The normalized spacial score (nSPS) is 13.6. The largest absolute Gasteiger partial charge is 0.481 e. The second-order valence-corrected chi connectivity index (χ2v) is 7.97. The average molecular weight is 351 g/mol. The van der Waals surface area contributed by atoms with Crippen LogP contribution in [0, 0.1) is 5.92 Å². The Kier molecular flexibility index (Phi) is 11.7. The third kappa shape index (κ3) is 9.36. The lowest BCUT2D eigenvalue weighted by molar-refractivity contribution is -0.137. The van der Waals surface area contributed by atoms with E-state index in [0.29, 0.717) is 0 Å². The van der Waals surface area contributed by atoms with Gasteiger partial charge in [0.2, 0.25) is 0 Å². The van der Waals surface area contributed by atoms with E-state index < -0.39 is 5.97 Å². The van der Waals surface area contributed by atoms with E-state index in [0.717, 1.165) is 17.2 Å². The molecule has 0 aliphatic rings. The van der Waals surface area contributed by atoms with Gasteiger partial charge in [0.1, 0.15) is 0 Å². The summed E-state index contributed by atoms with van der Waals surface area (Å²) in [6.45, 7) is 4.52. The van der Waals surface area contributed by atoms with Crippen LogP contribution in [0.2, 0.25) is 0 Å². The van der Waals surface area contributed by atoms with Gasteiger partial charge in [0.15, 0.2) is 0 Å². The number of benzene rings is 1. The Labute approximate surface area is 152 Å². The minimum Gasteiger partial charge on any atom is -0.481 e. The third-order valence-electron chi connectivity index (χ3n) is 4.56. The summed E-state index contributed by atoms with van der Waals surface area (Å²) >= 11 is 1.82. The molecule has 136 valence electrons. The molecule has 0 saturated heterocycles. The fraction of sp³-hybridized carbons (Fsp3) is 0.667. The summed E-state index contributed by atoms with van der Waals surface area (Å²) in [5.41, 5.74) is 1.14. The van der Waals surface area contributed by atoms with E-state index in [1.807, 2.05) is 30.0 Å². The topological polar surface area (TPSA) is 37.3 Å². The lowest BCUT2D eigenvalue weighted by Gasteiger charge is -2.19. The quantitative estimate of drug-likeness (QED) is 0.379. The van der Waals surface area contributed by atoms with Gasteiger partial charge in [0, 0.05) is 5.25 Å².